The quantitative estimate of drug-likeness (QED) is 0.361. The van der Waals surface area contributed by atoms with E-state index in [1.165, 1.54) is 6.21 Å². The second-order valence-electron chi connectivity index (χ2n) is 6.41. The molecule has 4 rings (SSSR count). The number of hydrogen-bond acceptors (Lipinski definition) is 4. The molecule has 6 heteroatoms. The van der Waals surface area contributed by atoms with Gasteiger partial charge >= 0.3 is 0 Å². The summed E-state index contributed by atoms with van der Waals surface area (Å²) in [6.45, 7) is 0.100. The third-order valence-corrected chi connectivity index (χ3v) is 5.28. The van der Waals surface area contributed by atoms with Crippen LogP contribution in [0.1, 0.15) is 12.0 Å². The van der Waals surface area contributed by atoms with Crippen molar-refractivity contribution in [3.05, 3.63) is 40.9 Å². The maximum Gasteiger partial charge on any atom is 0.254 e. The van der Waals surface area contributed by atoms with Crippen LogP contribution in [-0.4, -0.2) is 29.6 Å². The molecule has 2 bridgehead atoms. The van der Waals surface area contributed by atoms with E-state index in [1.807, 2.05) is 12.2 Å². The van der Waals surface area contributed by atoms with Crippen LogP contribution in [0.4, 0.5) is 0 Å². The maximum atomic E-state index is 12.6. The van der Waals surface area contributed by atoms with Crippen molar-refractivity contribution in [2.75, 3.05) is 6.61 Å². The zero-order chi connectivity index (χ0) is 17.6. The van der Waals surface area contributed by atoms with Gasteiger partial charge in [0.05, 0.1) is 18.1 Å². The molecule has 0 N–H and O–H groups in total. The lowest BCUT2D eigenvalue weighted by Crippen LogP contribution is -2.28. The lowest BCUT2D eigenvalue weighted by Gasteiger charge is -2.13. The van der Waals surface area contributed by atoms with Gasteiger partial charge in [-0.2, -0.15) is 10.1 Å². The first-order chi connectivity index (χ1) is 12.1. The number of rotatable bonds is 4. The molecule has 1 heterocycles. The number of terminal acetylenes is 1. The van der Waals surface area contributed by atoms with Crippen LogP contribution in [0.3, 0.4) is 0 Å². The molecule has 1 saturated heterocycles. The SMILES string of the molecule is C#CCOc1ccc(Cl)cc1C=NN1C(=O)[C@@H]2[C@H](C1=O)[C@H]1C=C[C@H]2C1. The van der Waals surface area contributed by atoms with Gasteiger partial charge in [0.1, 0.15) is 12.4 Å². The summed E-state index contributed by atoms with van der Waals surface area (Å²) in [6.07, 6.45) is 11.6. The van der Waals surface area contributed by atoms with Crippen molar-refractivity contribution in [2.45, 2.75) is 6.42 Å². The van der Waals surface area contributed by atoms with Gasteiger partial charge in [-0.25, -0.2) is 0 Å². The molecule has 3 aliphatic rings. The van der Waals surface area contributed by atoms with E-state index >= 15 is 0 Å². The first-order valence-electron chi connectivity index (χ1n) is 8.06. The molecular weight excluding hydrogens is 340 g/mol. The van der Waals surface area contributed by atoms with Crippen molar-refractivity contribution in [1.29, 1.82) is 0 Å². The normalized spacial score (nSPS) is 29.5. The Balaban J connectivity index is 1.59. The fourth-order valence-electron chi connectivity index (χ4n) is 3.99. The van der Waals surface area contributed by atoms with E-state index in [0.717, 1.165) is 11.4 Å². The zero-order valence-electron chi connectivity index (χ0n) is 13.3. The number of ether oxygens (including phenoxy) is 1. The molecule has 2 amide bonds. The molecule has 1 aromatic carbocycles. The number of allylic oxidation sites excluding steroid dienone is 2. The zero-order valence-corrected chi connectivity index (χ0v) is 14.0. The lowest BCUT2D eigenvalue weighted by atomic mass is 9.85. The van der Waals surface area contributed by atoms with E-state index in [0.29, 0.717) is 16.3 Å². The van der Waals surface area contributed by atoms with E-state index in [1.54, 1.807) is 18.2 Å². The Labute approximate surface area is 150 Å². The molecule has 0 spiro atoms. The Morgan fingerprint density at radius 1 is 1.28 bits per heavy atom. The highest BCUT2D eigenvalue weighted by Crippen LogP contribution is 2.52. The fraction of sp³-hybridized carbons (Fsp3) is 0.316. The molecule has 2 aliphatic carbocycles. The van der Waals surface area contributed by atoms with Gasteiger partial charge in [-0.1, -0.05) is 29.7 Å². The Bertz CT molecular complexity index is 825. The first-order valence-corrected chi connectivity index (χ1v) is 8.44. The van der Waals surface area contributed by atoms with Crippen molar-refractivity contribution in [3.8, 4) is 18.1 Å². The highest BCUT2D eigenvalue weighted by molar-refractivity contribution is 6.31. The maximum absolute atomic E-state index is 12.6. The number of carbonyl (C=O) groups excluding carboxylic acids is 2. The third-order valence-electron chi connectivity index (χ3n) is 5.04. The van der Waals surface area contributed by atoms with Gasteiger partial charge in [0, 0.05) is 10.6 Å². The van der Waals surface area contributed by atoms with Crippen LogP contribution < -0.4 is 4.74 Å². The average Bonchev–Trinajstić information content (AvgIpc) is 3.27. The van der Waals surface area contributed by atoms with Gasteiger partial charge in [-0.3, -0.25) is 9.59 Å². The number of carbonyl (C=O) groups is 2. The summed E-state index contributed by atoms with van der Waals surface area (Å²) in [5, 5.41) is 5.62. The fourth-order valence-corrected chi connectivity index (χ4v) is 4.17. The highest BCUT2D eigenvalue weighted by atomic mass is 35.5. The second kappa shape index (κ2) is 6.05. The van der Waals surface area contributed by atoms with Crippen LogP contribution in [-0.2, 0) is 9.59 Å². The Morgan fingerprint density at radius 3 is 2.60 bits per heavy atom. The number of imide groups is 1. The number of halogens is 1. The lowest BCUT2D eigenvalue weighted by molar-refractivity contribution is -0.140. The Hall–Kier alpha value is -2.58. The number of benzene rings is 1. The van der Waals surface area contributed by atoms with E-state index < -0.39 is 0 Å². The van der Waals surface area contributed by atoms with Gasteiger partial charge < -0.3 is 4.74 Å². The van der Waals surface area contributed by atoms with Gasteiger partial charge in [0.25, 0.3) is 11.8 Å². The number of nitrogens with zero attached hydrogens (tertiary/aromatic N) is 2. The first kappa shape index (κ1) is 15.9. The summed E-state index contributed by atoms with van der Waals surface area (Å²) >= 11 is 6.01. The largest absolute Gasteiger partial charge is 0.480 e. The molecule has 0 unspecified atom stereocenters. The predicted octanol–water partition coefficient (Wildman–Crippen LogP) is 2.49. The smallest absolute Gasteiger partial charge is 0.254 e. The molecule has 4 atom stereocenters. The Morgan fingerprint density at radius 2 is 1.96 bits per heavy atom. The summed E-state index contributed by atoms with van der Waals surface area (Å²) < 4.78 is 5.44. The molecule has 0 radical (unpaired) electrons. The van der Waals surface area contributed by atoms with Crippen molar-refractivity contribution in [1.82, 2.24) is 5.01 Å². The molecule has 1 saturated carbocycles. The summed E-state index contributed by atoms with van der Waals surface area (Å²) in [6, 6.07) is 4.99. The van der Waals surface area contributed by atoms with E-state index in [-0.39, 0.29) is 42.1 Å². The van der Waals surface area contributed by atoms with E-state index in [4.69, 9.17) is 22.8 Å². The topological polar surface area (TPSA) is 59.0 Å². The molecule has 1 aromatic rings. The Kier molecular flexibility index (Phi) is 3.85. The van der Waals surface area contributed by atoms with Gasteiger partial charge in [0.15, 0.2) is 0 Å². The third kappa shape index (κ3) is 2.54. The molecule has 126 valence electrons. The van der Waals surface area contributed by atoms with Gasteiger partial charge in [0.2, 0.25) is 0 Å². The monoisotopic (exact) mass is 354 g/mol. The molecule has 5 nitrogen and oxygen atoms in total. The van der Waals surface area contributed by atoms with Crippen LogP contribution in [0.5, 0.6) is 5.75 Å². The molecular formula is C19H15ClN2O3. The minimum absolute atomic E-state index is 0.100. The minimum atomic E-state index is -0.267. The number of hydrazone groups is 1. The van der Waals surface area contributed by atoms with Crippen molar-refractivity contribution >= 4 is 29.6 Å². The van der Waals surface area contributed by atoms with Crippen molar-refractivity contribution in [2.24, 2.45) is 28.8 Å². The van der Waals surface area contributed by atoms with Crippen LogP contribution in [0.25, 0.3) is 0 Å². The van der Waals surface area contributed by atoms with E-state index in [9.17, 15) is 9.59 Å². The molecule has 2 fully saturated rings. The molecule has 0 aromatic heterocycles. The number of amides is 2. The van der Waals surface area contributed by atoms with Crippen LogP contribution >= 0.6 is 11.6 Å². The average molecular weight is 355 g/mol. The van der Waals surface area contributed by atoms with Crippen LogP contribution in [0, 0.1) is 36.0 Å². The van der Waals surface area contributed by atoms with Crippen LogP contribution in [0.2, 0.25) is 5.02 Å². The van der Waals surface area contributed by atoms with Crippen LogP contribution in [0.15, 0.2) is 35.5 Å². The highest BCUT2D eigenvalue weighted by Gasteiger charge is 2.59. The van der Waals surface area contributed by atoms with Gasteiger partial charge in [-0.15, -0.1) is 6.42 Å². The summed E-state index contributed by atoms with van der Waals surface area (Å²) in [5.41, 5.74) is 0.557. The second-order valence-corrected chi connectivity index (χ2v) is 6.84. The number of fused-ring (bicyclic) bond motifs is 5. The minimum Gasteiger partial charge on any atom is -0.480 e. The van der Waals surface area contributed by atoms with Gasteiger partial charge in [-0.05, 0) is 36.5 Å². The summed E-state index contributed by atoms with van der Waals surface area (Å²) in [5.74, 6) is 2.21. The summed E-state index contributed by atoms with van der Waals surface area (Å²) in [7, 11) is 0. The summed E-state index contributed by atoms with van der Waals surface area (Å²) in [4.78, 5) is 25.2. The van der Waals surface area contributed by atoms with Crippen molar-refractivity contribution in [3.63, 3.8) is 0 Å². The molecule has 25 heavy (non-hydrogen) atoms. The standard InChI is InChI=1S/C19H15ClN2O3/c1-2-7-25-15-6-5-14(20)9-13(15)10-21-22-18(23)16-11-3-4-12(8-11)17(16)19(22)24/h1,3-6,9-12,16-17H,7-8H2/t11-,12-,16-,17+/m0/s1. The van der Waals surface area contributed by atoms with Crippen molar-refractivity contribution < 1.29 is 14.3 Å². The van der Waals surface area contributed by atoms with E-state index in [2.05, 4.69) is 11.0 Å². The predicted molar refractivity (Wildman–Crippen MR) is 92.9 cm³/mol. The number of hydrogen-bond donors (Lipinski definition) is 0. The molecule has 1 aliphatic heterocycles.